The van der Waals surface area contributed by atoms with Gasteiger partial charge in [0.1, 0.15) is 0 Å². The minimum absolute atomic E-state index is 0.0164. The highest BCUT2D eigenvalue weighted by Crippen LogP contribution is 2.30. The summed E-state index contributed by atoms with van der Waals surface area (Å²) in [5.41, 5.74) is 0. The summed E-state index contributed by atoms with van der Waals surface area (Å²) in [6.45, 7) is 1.09. The molecule has 1 saturated carbocycles. The summed E-state index contributed by atoms with van der Waals surface area (Å²) in [6, 6.07) is 2.05. The highest BCUT2D eigenvalue weighted by Gasteiger charge is 2.38. The Labute approximate surface area is 112 Å². The number of carbonyl (C=O) groups is 2. The number of nitriles is 1. The van der Waals surface area contributed by atoms with Crippen molar-refractivity contribution in [1.29, 1.82) is 5.26 Å². The minimum Gasteiger partial charge on any atom is -0.481 e. The van der Waals surface area contributed by atoms with Crippen molar-refractivity contribution >= 4 is 12.0 Å². The molecule has 1 aliphatic carbocycles. The molecule has 0 aromatic rings. The topological polar surface area (TPSA) is 84.6 Å². The number of nitrogens with zero attached hydrogens (tertiary/aromatic N) is 3. The van der Waals surface area contributed by atoms with E-state index in [4.69, 9.17) is 10.4 Å². The maximum Gasteiger partial charge on any atom is 0.320 e. The van der Waals surface area contributed by atoms with Crippen molar-refractivity contribution < 1.29 is 14.7 Å². The second-order valence-corrected chi connectivity index (χ2v) is 5.20. The molecule has 0 aromatic carbocycles. The third-order valence-corrected chi connectivity index (χ3v) is 3.73. The zero-order valence-electron chi connectivity index (χ0n) is 10.9. The summed E-state index contributed by atoms with van der Waals surface area (Å²) in [6.07, 6.45) is 3.96. The molecule has 0 spiro atoms. The highest BCUT2D eigenvalue weighted by atomic mass is 16.4. The number of hydrogen-bond acceptors (Lipinski definition) is 3. The summed E-state index contributed by atoms with van der Waals surface area (Å²) < 4.78 is 0. The van der Waals surface area contributed by atoms with Gasteiger partial charge < -0.3 is 14.9 Å². The molecule has 19 heavy (non-hydrogen) atoms. The summed E-state index contributed by atoms with van der Waals surface area (Å²) in [5.74, 6) is -0.861. The van der Waals surface area contributed by atoms with Crippen LogP contribution in [0.1, 0.15) is 38.5 Å². The SMILES string of the molecule is N#CCCN(C(=O)N1CCCC1CC(=O)O)C1CC1. The fraction of sp³-hybridized carbons (Fsp3) is 0.769. The third-order valence-electron chi connectivity index (χ3n) is 3.73. The number of likely N-dealkylation sites (tertiary alicyclic amines) is 1. The Morgan fingerprint density at radius 3 is 2.68 bits per heavy atom. The Hall–Kier alpha value is -1.77. The first-order chi connectivity index (χ1) is 9.13. The third kappa shape index (κ3) is 3.37. The van der Waals surface area contributed by atoms with Crippen LogP contribution in [0.15, 0.2) is 0 Å². The van der Waals surface area contributed by atoms with Gasteiger partial charge in [0.05, 0.1) is 18.9 Å². The second-order valence-electron chi connectivity index (χ2n) is 5.20. The molecular formula is C13H19N3O3. The average molecular weight is 265 g/mol. The van der Waals surface area contributed by atoms with Gasteiger partial charge in [0, 0.05) is 25.2 Å². The fourth-order valence-corrected chi connectivity index (χ4v) is 2.66. The number of carboxylic acids is 1. The predicted octanol–water partition coefficient (Wildman–Crippen LogP) is 1.42. The van der Waals surface area contributed by atoms with E-state index in [1.807, 2.05) is 0 Å². The monoisotopic (exact) mass is 265 g/mol. The van der Waals surface area contributed by atoms with Crippen LogP contribution in [-0.4, -0.2) is 52.1 Å². The van der Waals surface area contributed by atoms with Gasteiger partial charge in [-0.05, 0) is 25.7 Å². The molecule has 6 heteroatoms. The Kier molecular flexibility index (Phi) is 4.25. The van der Waals surface area contributed by atoms with Crippen molar-refractivity contribution in [2.24, 2.45) is 0 Å². The zero-order chi connectivity index (χ0) is 13.8. The standard InChI is InChI=1S/C13H19N3O3/c14-6-2-8-15(10-4-5-10)13(19)16-7-1-3-11(16)9-12(17)18/h10-11H,1-5,7-9H2,(H,17,18). The quantitative estimate of drug-likeness (QED) is 0.814. The second kappa shape index (κ2) is 5.91. The van der Waals surface area contributed by atoms with E-state index in [0.29, 0.717) is 19.5 Å². The average Bonchev–Trinajstić information content (AvgIpc) is 3.09. The number of amides is 2. The molecule has 104 valence electrons. The lowest BCUT2D eigenvalue weighted by Gasteiger charge is -2.31. The Morgan fingerprint density at radius 2 is 2.11 bits per heavy atom. The van der Waals surface area contributed by atoms with E-state index in [-0.39, 0.29) is 24.5 Å². The smallest absolute Gasteiger partial charge is 0.320 e. The van der Waals surface area contributed by atoms with Crippen molar-refractivity contribution in [2.45, 2.75) is 50.6 Å². The lowest BCUT2D eigenvalue weighted by atomic mass is 10.1. The van der Waals surface area contributed by atoms with Gasteiger partial charge in [-0.25, -0.2) is 4.79 Å². The van der Waals surface area contributed by atoms with Crippen molar-refractivity contribution in [3.63, 3.8) is 0 Å². The molecule has 6 nitrogen and oxygen atoms in total. The normalized spacial score (nSPS) is 22.1. The van der Waals surface area contributed by atoms with Crippen LogP contribution in [0.3, 0.4) is 0 Å². The van der Waals surface area contributed by atoms with E-state index in [1.54, 1.807) is 9.80 Å². The number of rotatable bonds is 5. The van der Waals surface area contributed by atoms with E-state index in [0.717, 1.165) is 25.7 Å². The molecule has 1 aliphatic heterocycles. The molecule has 1 N–H and O–H groups in total. The molecule has 2 amide bonds. The maximum atomic E-state index is 12.5. The largest absolute Gasteiger partial charge is 0.481 e. The molecule has 1 atom stereocenters. The molecule has 1 unspecified atom stereocenters. The van der Waals surface area contributed by atoms with Gasteiger partial charge in [0.2, 0.25) is 0 Å². The maximum absolute atomic E-state index is 12.5. The summed E-state index contributed by atoms with van der Waals surface area (Å²) >= 11 is 0. The predicted molar refractivity (Wildman–Crippen MR) is 67.3 cm³/mol. The molecule has 0 aromatic heterocycles. The van der Waals surface area contributed by atoms with Gasteiger partial charge in [0.25, 0.3) is 0 Å². The zero-order valence-corrected chi connectivity index (χ0v) is 10.9. The molecule has 0 radical (unpaired) electrons. The van der Waals surface area contributed by atoms with E-state index in [2.05, 4.69) is 6.07 Å². The highest BCUT2D eigenvalue weighted by molar-refractivity contribution is 5.77. The molecule has 2 aliphatic rings. The first kappa shape index (κ1) is 13.7. The number of aliphatic carboxylic acids is 1. The van der Waals surface area contributed by atoms with E-state index >= 15 is 0 Å². The van der Waals surface area contributed by atoms with Crippen LogP contribution in [0.4, 0.5) is 4.79 Å². The number of carboxylic acid groups (broad SMARTS) is 1. The molecule has 1 heterocycles. The van der Waals surface area contributed by atoms with Crippen LogP contribution in [-0.2, 0) is 4.79 Å². The number of hydrogen-bond donors (Lipinski definition) is 1. The Bertz CT molecular complexity index is 400. The first-order valence-corrected chi connectivity index (χ1v) is 6.79. The van der Waals surface area contributed by atoms with Gasteiger partial charge in [0.15, 0.2) is 0 Å². The van der Waals surface area contributed by atoms with Crippen LogP contribution in [0.2, 0.25) is 0 Å². The Morgan fingerprint density at radius 1 is 1.37 bits per heavy atom. The van der Waals surface area contributed by atoms with Crippen LogP contribution in [0.25, 0.3) is 0 Å². The van der Waals surface area contributed by atoms with E-state index in [9.17, 15) is 9.59 Å². The van der Waals surface area contributed by atoms with Crippen molar-refractivity contribution in [1.82, 2.24) is 9.80 Å². The van der Waals surface area contributed by atoms with Crippen molar-refractivity contribution in [3.8, 4) is 6.07 Å². The van der Waals surface area contributed by atoms with Crippen molar-refractivity contribution in [2.75, 3.05) is 13.1 Å². The van der Waals surface area contributed by atoms with Gasteiger partial charge in [-0.15, -0.1) is 0 Å². The Balaban J connectivity index is 1.99. The minimum atomic E-state index is -0.861. The van der Waals surface area contributed by atoms with Gasteiger partial charge in [-0.3, -0.25) is 4.79 Å². The lowest BCUT2D eigenvalue weighted by molar-refractivity contribution is -0.138. The number of urea groups is 1. The summed E-state index contributed by atoms with van der Waals surface area (Å²) in [7, 11) is 0. The fourth-order valence-electron chi connectivity index (χ4n) is 2.66. The number of carbonyl (C=O) groups excluding carboxylic acids is 1. The van der Waals surface area contributed by atoms with E-state index < -0.39 is 5.97 Å². The summed E-state index contributed by atoms with van der Waals surface area (Å²) in [4.78, 5) is 26.7. The molecule has 2 rings (SSSR count). The van der Waals surface area contributed by atoms with Gasteiger partial charge in [-0.1, -0.05) is 0 Å². The van der Waals surface area contributed by atoms with Gasteiger partial charge in [-0.2, -0.15) is 5.26 Å². The lowest BCUT2D eigenvalue weighted by Crippen LogP contribution is -2.47. The van der Waals surface area contributed by atoms with Crippen LogP contribution < -0.4 is 0 Å². The molecule has 1 saturated heterocycles. The van der Waals surface area contributed by atoms with Gasteiger partial charge >= 0.3 is 12.0 Å². The summed E-state index contributed by atoms with van der Waals surface area (Å²) in [5, 5.41) is 17.5. The van der Waals surface area contributed by atoms with Crippen LogP contribution in [0.5, 0.6) is 0 Å². The van der Waals surface area contributed by atoms with Crippen LogP contribution in [0, 0.1) is 11.3 Å². The van der Waals surface area contributed by atoms with E-state index in [1.165, 1.54) is 0 Å². The molecule has 0 bridgehead atoms. The molecule has 2 fully saturated rings. The first-order valence-electron chi connectivity index (χ1n) is 6.79. The van der Waals surface area contributed by atoms with Crippen molar-refractivity contribution in [3.05, 3.63) is 0 Å². The molecular weight excluding hydrogens is 246 g/mol. The van der Waals surface area contributed by atoms with Crippen LogP contribution >= 0.6 is 0 Å².